The predicted molar refractivity (Wildman–Crippen MR) is 109 cm³/mol. The number of rotatable bonds is 4. The highest BCUT2D eigenvalue weighted by atomic mass is 19.2. The second kappa shape index (κ2) is 7.38. The molecule has 0 aliphatic carbocycles. The lowest BCUT2D eigenvalue weighted by molar-refractivity contribution is -0.120. The topological polar surface area (TPSA) is 76.4 Å². The molecule has 3 aromatic rings. The SMILES string of the molecule is CCC1C(=O)N(C)c2cnc(-n3ccnc3-c3ccc(F)c(F)c3)nc2N1C1COC1. The third-order valence-corrected chi connectivity index (χ3v) is 5.73. The molecule has 1 atom stereocenters. The number of fused-ring (bicyclic) bond motifs is 1. The van der Waals surface area contributed by atoms with E-state index in [9.17, 15) is 13.6 Å². The molecule has 2 aliphatic rings. The molecule has 0 spiro atoms. The molecule has 5 rings (SSSR count). The van der Waals surface area contributed by atoms with Crippen molar-refractivity contribution in [3.63, 3.8) is 0 Å². The minimum atomic E-state index is -0.958. The first-order valence-electron chi connectivity index (χ1n) is 9.99. The molecule has 31 heavy (non-hydrogen) atoms. The Hall–Kier alpha value is -3.40. The molecule has 2 aliphatic heterocycles. The molecular formula is C21H20F2N6O2. The van der Waals surface area contributed by atoms with Crippen molar-refractivity contribution in [2.24, 2.45) is 0 Å². The summed E-state index contributed by atoms with van der Waals surface area (Å²) in [4.78, 5) is 30.0. The number of nitrogens with zero attached hydrogens (tertiary/aromatic N) is 6. The van der Waals surface area contributed by atoms with Crippen molar-refractivity contribution in [2.75, 3.05) is 30.1 Å². The van der Waals surface area contributed by atoms with Gasteiger partial charge in [-0.25, -0.2) is 18.7 Å². The summed E-state index contributed by atoms with van der Waals surface area (Å²) < 4.78 is 34.1. The van der Waals surface area contributed by atoms with Crippen LogP contribution in [0.3, 0.4) is 0 Å². The number of hydrogen-bond acceptors (Lipinski definition) is 6. The molecule has 0 bridgehead atoms. The van der Waals surface area contributed by atoms with Gasteiger partial charge >= 0.3 is 0 Å². The van der Waals surface area contributed by atoms with Crippen molar-refractivity contribution in [3.8, 4) is 17.3 Å². The third kappa shape index (κ3) is 3.05. The van der Waals surface area contributed by atoms with Gasteiger partial charge in [-0.2, -0.15) is 4.98 Å². The van der Waals surface area contributed by atoms with Crippen molar-refractivity contribution in [1.82, 2.24) is 19.5 Å². The van der Waals surface area contributed by atoms with Gasteiger partial charge in [0.05, 0.1) is 25.5 Å². The Morgan fingerprint density at radius 1 is 1.19 bits per heavy atom. The van der Waals surface area contributed by atoms with Crippen molar-refractivity contribution < 1.29 is 18.3 Å². The first-order chi connectivity index (χ1) is 15.0. The Morgan fingerprint density at radius 2 is 2.00 bits per heavy atom. The van der Waals surface area contributed by atoms with Crippen LogP contribution in [0.15, 0.2) is 36.8 Å². The highest BCUT2D eigenvalue weighted by Crippen LogP contribution is 2.37. The molecule has 1 unspecified atom stereocenters. The molecule has 0 saturated carbocycles. The molecule has 10 heteroatoms. The monoisotopic (exact) mass is 426 g/mol. The van der Waals surface area contributed by atoms with Crippen LogP contribution in [0.4, 0.5) is 20.3 Å². The standard InChI is InChI=1S/C21H20F2N6O2/c1-3-16-20(30)27(2)17-9-25-21(26-19(17)29(16)13-10-31-11-13)28-7-6-24-18(28)12-4-5-14(22)15(23)8-12/h4-9,13,16H,3,10-11H2,1-2H3. The zero-order valence-corrected chi connectivity index (χ0v) is 17.0. The molecule has 2 aromatic heterocycles. The van der Waals surface area contributed by atoms with Crippen LogP contribution in [0, 0.1) is 11.6 Å². The van der Waals surface area contributed by atoms with E-state index >= 15 is 0 Å². The Morgan fingerprint density at radius 3 is 2.68 bits per heavy atom. The molecule has 1 saturated heterocycles. The van der Waals surface area contributed by atoms with Gasteiger partial charge in [0, 0.05) is 25.0 Å². The van der Waals surface area contributed by atoms with E-state index in [1.807, 2.05) is 11.8 Å². The number of ether oxygens (including phenoxy) is 1. The number of halogens is 2. The zero-order chi connectivity index (χ0) is 21.7. The number of benzene rings is 1. The lowest BCUT2D eigenvalue weighted by Crippen LogP contribution is -2.61. The number of aromatic nitrogens is 4. The number of carbonyl (C=O) groups excluding carboxylic acids is 1. The van der Waals surface area contributed by atoms with Crippen LogP contribution in [-0.2, 0) is 9.53 Å². The van der Waals surface area contributed by atoms with Gasteiger partial charge < -0.3 is 14.5 Å². The molecule has 1 fully saturated rings. The molecule has 0 N–H and O–H groups in total. The van der Waals surface area contributed by atoms with Gasteiger partial charge in [0.15, 0.2) is 17.5 Å². The van der Waals surface area contributed by atoms with Gasteiger partial charge in [-0.15, -0.1) is 0 Å². The van der Waals surface area contributed by atoms with E-state index in [4.69, 9.17) is 9.72 Å². The molecule has 160 valence electrons. The average molecular weight is 426 g/mol. The summed E-state index contributed by atoms with van der Waals surface area (Å²) in [6.07, 6.45) is 5.43. The molecule has 4 heterocycles. The first kappa shape index (κ1) is 19.6. The van der Waals surface area contributed by atoms with Gasteiger partial charge in [0.1, 0.15) is 17.6 Å². The van der Waals surface area contributed by atoms with Crippen LogP contribution >= 0.6 is 0 Å². The fourth-order valence-electron chi connectivity index (χ4n) is 4.01. The summed E-state index contributed by atoms with van der Waals surface area (Å²) in [5.41, 5.74) is 1.01. The normalized spacial score (nSPS) is 18.8. The summed E-state index contributed by atoms with van der Waals surface area (Å²) in [6, 6.07) is 3.31. The van der Waals surface area contributed by atoms with Crippen molar-refractivity contribution in [1.29, 1.82) is 0 Å². The van der Waals surface area contributed by atoms with Crippen molar-refractivity contribution in [2.45, 2.75) is 25.4 Å². The van der Waals surface area contributed by atoms with E-state index < -0.39 is 11.6 Å². The summed E-state index contributed by atoms with van der Waals surface area (Å²) in [7, 11) is 1.71. The van der Waals surface area contributed by atoms with E-state index in [1.165, 1.54) is 6.07 Å². The van der Waals surface area contributed by atoms with Gasteiger partial charge in [-0.05, 0) is 24.6 Å². The number of amides is 1. The quantitative estimate of drug-likeness (QED) is 0.638. The zero-order valence-electron chi connectivity index (χ0n) is 17.0. The fourth-order valence-corrected chi connectivity index (χ4v) is 4.01. The van der Waals surface area contributed by atoms with Gasteiger partial charge in [0.25, 0.3) is 0 Å². The van der Waals surface area contributed by atoms with Crippen LogP contribution in [0.2, 0.25) is 0 Å². The van der Waals surface area contributed by atoms with Gasteiger partial charge in [0.2, 0.25) is 11.9 Å². The summed E-state index contributed by atoms with van der Waals surface area (Å²) in [5, 5.41) is 0. The fraction of sp³-hybridized carbons (Fsp3) is 0.333. The van der Waals surface area contributed by atoms with Crippen LogP contribution in [0.25, 0.3) is 17.3 Å². The second-order valence-electron chi connectivity index (χ2n) is 7.55. The number of imidazole rings is 1. The first-order valence-corrected chi connectivity index (χ1v) is 9.99. The van der Waals surface area contributed by atoms with E-state index in [0.29, 0.717) is 48.5 Å². The molecule has 0 radical (unpaired) electrons. The van der Waals surface area contributed by atoms with Crippen molar-refractivity contribution >= 4 is 17.4 Å². The van der Waals surface area contributed by atoms with E-state index in [0.717, 1.165) is 12.1 Å². The third-order valence-electron chi connectivity index (χ3n) is 5.73. The Labute approximate surface area is 177 Å². The van der Waals surface area contributed by atoms with Gasteiger partial charge in [-0.3, -0.25) is 9.36 Å². The smallest absolute Gasteiger partial charge is 0.249 e. The number of anilines is 2. The lowest BCUT2D eigenvalue weighted by Gasteiger charge is -2.47. The van der Waals surface area contributed by atoms with Crippen LogP contribution in [-0.4, -0.2) is 57.8 Å². The Balaban J connectivity index is 1.62. The highest BCUT2D eigenvalue weighted by Gasteiger charge is 2.42. The van der Waals surface area contributed by atoms with E-state index in [1.54, 1.807) is 35.1 Å². The minimum Gasteiger partial charge on any atom is -0.377 e. The molecule has 1 aromatic carbocycles. The average Bonchev–Trinajstić information content (AvgIpc) is 3.22. The number of carbonyl (C=O) groups is 1. The molecule has 8 nitrogen and oxygen atoms in total. The maximum absolute atomic E-state index is 13.8. The Kier molecular flexibility index (Phi) is 4.66. The largest absolute Gasteiger partial charge is 0.377 e. The summed E-state index contributed by atoms with van der Waals surface area (Å²) in [5.74, 6) is -0.562. The second-order valence-corrected chi connectivity index (χ2v) is 7.55. The van der Waals surface area contributed by atoms with Crippen LogP contribution in [0.5, 0.6) is 0 Å². The van der Waals surface area contributed by atoms with Crippen LogP contribution < -0.4 is 9.80 Å². The molecular weight excluding hydrogens is 406 g/mol. The van der Waals surface area contributed by atoms with Crippen molar-refractivity contribution in [3.05, 3.63) is 48.4 Å². The maximum atomic E-state index is 13.8. The Bertz CT molecular complexity index is 1160. The summed E-state index contributed by atoms with van der Waals surface area (Å²) >= 11 is 0. The van der Waals surface area contributed by atoms with Gasteiger partial charge in [-0.1, -0.05) is 6.92 Å². The number of hydrogen-bond donors (Lipinski definition) is 0. The van der Waals surface area contributed by atoms with E-state index in [2.05, 4.69) is 9.97 Å². The predicted octanol–water partition coefficient (Wildman–Crippen LogP) is 2.57. The summed E-state index contributed by atoms with van der Waals surface area (Å²) in [6.45, 7) is 3.02. The highest BCUT2D eigenvalue weighted by molar-refractivity contribution is 6.04. The minimum absolute atomic E-state index is 0.0108. The van der Waals surface area contributed by atoms with Crippen LogP contribution in [0.1, 0.15) is 13.3 Å². The van der Waals surface area contributed by atoms with E-state index in [-0.39, 0.29) is 18.0 Å². The lowest BCUT2D eigenvalue weighted by atomic mass is 10.0. The molecule has 1 amide bonds. The maximum Gasteiger partial charge on any atom is 0.249 e. The number of likely N-dealkylation sites (N-methyl/N-ethyl adjacent to an activating group) is 1.